The van der Waals surface area contributed by atoms with Gasteiger partial charge in [-0.3, -0.25) is 4.79 Å². The van der Waals surface area contributed by atoms with Crippen LogP contribution in [0.4, 0.5) is 5.95 Å². The van der Waals surface area contributed by atoms with E-state index in [-0.39, 0.29) is 11.7 Å². The maximum absolute atomic E-state index is 12.8. The van der Waals surface area contributed by atoms with Gasteiger partial charge in [0.05, 0.1) is 23.2 Å². The topological polar surface area (TPSA) is 59.2 Å². The molecule has 1 aliphatic carbocycles. The third-order valence-corrected chi connectivity index (χ3v) is 6.51. The number of carbonyl (C=O) groups is 1. The number of rotatable bonds is 4. The molecule has 3 heterocycles. The van der Waals surface area contributed by atoms with E-state index in [9.17, 15) is 4.79 Å². The van der Waals surface area contributed by atoms with Gasteiger partial charge in [0.1, 0.15) is 5.76 Å². The van der Waals surface area contributed by atoms with Crippen molar-refractivity contribution in [2.45, 2.75) is 44.9 Å². The summed E-state index contributed by atoms with van der Waals surface area (Å²) in [5.41, 5.74) is 3.82. The summed E-state index contributed by atoms with van der Waals surface area (Å²) in [7, 11) is 0. The van der Waals surface area contributed by atoms with E-state index in [1.54, 1.807) is 6.26 Å². The van der Waals surface area contributed by atoms with Crippen LogP contribution in [0.1, 0.15) is 58.2 Å². The van der Waals surface area contributed by atoms with Gasteiger partial charge in [-0.2, -0.15) is 0 Å². The van der Waals surface area contributed by atoms with E-state index in [4.69, 9.17) is 14.4 Å². The van der Waals surface area contributed by atoms with Crippen LogP contribution in [-0.4, -0.2) is 28.8 Å². The minimum atomic E-state index is 0.0683. The molecule has 2 aliphatic rings. The van der Waals surface area contributed by atoms with Gasteiger partial charge < -0.3 is 9.32 Å². The van der Waals surface area contributed by atoms with Crippen molar-refractivity contribution in [3.05, 3.63) is 77.0 Å². The molecule has 154 valence electrons. The molecule has 5 heteroatoms. The summed E-state index contributed by atoms with van der Waals surface area (Å²) in [6.07, 6.45) is 6.29. The number of aryl methyl sites for hydroxylation is 1. The van der Waals surface area contributed by atoms with Crippen LogP contribution in [0.2, 0.25) is 0 Å². The second-order valence-electron chi connectivity index (χ2n) is 8.59. The number of hydrogen-bond donors (Lipinski definition) is 0. The van der Waals surface area contributed by atoms with Gasteiger partial charge in [0.2, 0.25) is 5.95 Å². The molecule has 1 fully saturated rings. The van der Waals surface area contributed by atoms with Gasteiger partial charge in [0.15, 0.2) is 5.78 Å². The smallest absolute Gasteiger partial charge is 0.225 e. The number of ketones is 1. The molecule has 5 rings (SSSR count). The molecular formula is C25H27N3O2. The monoisotopic (exact) mass is 401 g/mol. The first-order valence-electron chi connectivity index (χ1n) is 10.9. The molecule has 0 radical (unpaired) electrons. The van der Waals surface area contributed by atoms with Crippen LogP contribution in [-0.2, 0) is 12.8 Å². The van der Waals surface area contributed by atoms with Gasteiger partial charge in [0, 0.05) is 31.8 Å². The average Bonchev–Trinajstić information content (AvgIpc) is 3.29. The Balaban J connectivity index is 1.31. The first kappa shape index (κ1) is 19.0. The summed E-state index contributed by atoms with van der Waals surface area (Å²) >= 11 is 0. The number of furan rings is 1. The summed E-state index contributed by atoms with van der Waals surface area (Å²) in [6, 6.07) is 14.6. The Morgan fingerprint density at radius 2 is 1.83 bits per heavy atom. The molecule has 5 nitrogen and oxygen atoms in total. The first-order chi connectivity index (χ1) is 14.7. The number of piperidine rings is 1. The van der Waals surface area contributed by atoms with Crippen molar-refractivity contribution < 1.29 is 9.21 Å². The minimum Gasteiger partial charge on any atom is -0.469 e. The second-order valence-corrected chi connectivity index (χ2v) is 8.59. The molecule has 30 heavy (non-hydrogen) atoms. The lowest BCUT2D eigenvalue weighted by Crippen LogP contribution is -2.36. The summed E-state index contributed by atoms with van der Waals surface area (Å²) < 4.78 is 5.57. The average molecular weight is 402 g/mol. The standard InChI is InChI=1S/C25H27N3O2/c1-17-24-21(15-20(16-22(24)29)23-8-5-13-30-23)27-25(26-17)28-11-9-19(10-12-28)14-18-6-3-2-4-7-18/h2-8,13,19-20H,9-12,14-16H2,1H3. The lowest BCUT2D eigenvalue weighted by Gasteiger charge is -2.33. The molecule has 0 amide bonds. The molecule has 3 aromatic rings. The van der Waals surface area contributed by atoms with Crippen molar-refractivity contribution in [2.24, 2.45) is 5.92 Å². The third-order valence-electron chi connectivity index (χ3n) is 6.51. The van der Waals surface area contributed by atoms with Crippen molar-refractivity contribution in [1.29, 1.82) is 0 Å². The predicted molar refractivity (Wildman–Crippen MR) is 116 cm³/mol. The quantitative estimate of drug-likeness (QED) is 0.631. The Hall–Kier alpha value is -2.95. The highest BCUT2D eigenvalue weighted by atomic mass is 16.3. The summed E-state index contributed by atoms with van der Waals surface area (Å²) in [4.78, 5) is 24.7. The van der Waals surface area contributed by atoms with Gasteiger partial charge in [-0.1, -0.05) is 30.3 Å². The molecule has 1 aromatic carbocycles. The fourth-order valence-electron chi connectivity index (χ4n) is 4.91. The molecule has 1 unspecified atom stereocenters. The van der Waals surface area contributed by atoms with Gasteiger partial charge in [-0.05, 0) is 49.8 Å². The minimum absolute atomic E-state index is 0.0683. The van der Waals surface area contributed by atoms with E-state index in [1.807, 2.05) is 19.1 Å². The number of anilines is 1. The van der Waals surface area contributed by atoms with Crippen LogP contribution >= 0.6 is 0 Å². The molecule has 0 bridgehead atoms. The van der Waals surface area contributed by atoms with Crippen LogP contribution in [0.15, 0.2) is 53.1 Å². The molecule has 0 spiro atoms. The largest absolute Gasteiger partial charge is 0.469 e. The van der Waals surface area contributed by atoms with Gasteiger partial charge >= 0.3 is 0 Å². The van der Waals surface area contributed by atoms with Crippen LogP contribution < -0.4 is 4.90 Å². The Labute approximate surface area is 177 Å². The fraction of sp³-hybridized carbons (Fsp3) is 0.400. The Morgan fingerprint density at radius 1 is 1.03 bits per heavy atom. The maximum atomic E-state index is 12.8. The summed E-state index contributed by atoms with van der Waals surface area (Å²) in [5.74, 6) is 2.54. The van der Waals surface area contributed by atoms with Gasteiger partial charge in [-0.25, -0.2) is 9.97 Å². The summed E-state index contributed by atoms with van der Waals surface area (Å²) in [5, 5.41) is 0. The molecule has 0 N–H and O–H groups in total. The highest BCUT2D eigenvalue weighted by molar-refractivity contribution is 5.99. The molecule has 0 saturated carbocycles. The lowest BCUT2D eigenvalue weighted by atomic mass is 9.84. The maximum Gasteiger partial charge on any atom is 0.225 e. The van der Waals surface area contributed by atoms with E-state index in [2.05, 4.69) is 35.2 Å². The number of Topliss-reactive ketones (excluding diaryl/α,β-unsaturated/α-hetero) is 1. The van der Waals surface area contributed by atoms with Crippen molar-refractivity contribution in [3.63, 3.8) is 0 Å². The van der Waals surface area contributed by atoms with E-state index >= 15 is 0 Å². The van der Waals surface area contributed by atoms with E-state index in [0.717, 1.165) is 67.4 Å². The molecular weight excluding hydrogens is 374 g/mol. The van der Waals surface area contributed by atoms with Crippen molar-refractivity contribution in [1.82, 2.24) is 9.97 Å². The zero-order chi connectivity index (χ0) is 20.5. The normalized spacial score (nSPS) is 19.7. The first-order valence-corrected chi connectivity index (χ1v) is 10.9. The predicted octanol–water partition coefficient (Wildman–Crippen LogP) is 4.75. The number of fused-ring (bicyclic) bond motifs is 1. The van der Waals surface area contributed by atoms with Crippen LogP contribution in [0, 0.1) is 12.8 Å². The number of hydrogen-bond acceptors (Lipinski definition) is 5. The molecule has 1 saturated heterocycles. The molecule has 1 aliphatic heterocycles. The number of aromatic nitrogens is 2. The zero-order valence-corrected chi connectivity index (χ0v) is 17.4. The van der Waals surface area contributed by atoms with Gasteiger partial charge in [-0.15, -0.1) is 0 Å². The zero-order valence-electron chi connectivity index (χ0n) is 17.4. The Kier molecular flexibility index (Phi) is 5.11. The number of benzene rings is 1. The highest BCUT2D eigenvalue weighted by Crippen LogP contribution is 2.34. The Morgan fingerprint density at radius 3 is 2.57 bits per heavy atom. The lowest BCUT2D eigenvalue weighted by molar-refractivity contribution is 0.0958. The summed E-state index contributed by atoms with van der Waals surface area (Å²) in [6.45, 7) is 3.87. The van der Waals surface area contributed by atoms with Crippen molar-refractivity contribution >= 4 is 11.7 Å². The molecule has 2 aromatic heterocycles. The SMILES string of the molecule is Cc1nc(N2CCC(Cc3ccccc3)CC2)nc2c1C(=O)CC(c1ccco1)C2. The second kappa shape index (κ2) is 8.05. The van der Waals surface area contributed by atoms with Crippen LogP contribution in [0.3, 0.4) is 0 Å². The van der Waals surface area contributed by atoms with E-state index in [1.165, 1.54) is 5.56 Å². The van der Waals surface area contributed by atoms with Crippen LogP contribution in [0.25, 0.3) is 0 Å². The van der Waals surface area contributed by atoms with Gasteiger partial charge in [0.25, 0.3) is 0 Å². The number of nitrogens with zero attached hydrogens (tertiary/aromatic N) is 3. The van der Waals surface area contributed by atoms with Crippen molar-refractivity contribution in [2.75, 3.05) is 18.0 Å². The third kappa shape index (κ3) is 3.76. The van der Waals surface area contributed by atoms with Crippen molar-refractivity contribution in [3.8, 4) is 0 Å². The number of carbonyl (C=O) groups excluding carboxylic acids is 1. The van der Waals surface area contributed by atoms with E-state index < -0.39 is 0 Å². The van der Waals surface area contributed by atoms with E-state index in [0.29, 0.717) is 12.3 Å². The fourth-order valence-corrected chi connectivity index (χ4v) is 4.91. The molecule has 1 atom stereocenters. The highest BCUT2D eigenvalue weighted by Gasteiger charge is 2.32. The van der Waals surface area contributed by atoms with Crippen LogP contribution in [0.5, 0.6) is 0 Å². The Bertz CT molecular complexity index is 1020.